The van der Waals surface area contributed by atoms with E-state index in [1.165, 1.54) is 23.9 Å². The van der Waals surface area contributed by atoms with Gasteiger partial charge in [0.05, 0.1) is 0 Å². The third-order valence-corrected chi connectivity index (χ3v) is 3.10. The number of rotatable bonds is 1. The van der Waals surface area contributed by atoms with E-state index in [1.807, 2.05) is 0 Å². The maximum atomic E-state index is 5.24. The van der Waals surface area contributed by atoms with Crippen molar-refractivity contribution in [3.63, 3.8) is 0 Å². The summed E-state index contributed by atoms with van der Waals surface area (Å²) >= 11 is 0. The fourth-order valence-electron chi connectivity index (χ4n) is 2.34. The van der Waals surface area contributed by atoms with E-state index < -0.39 is 0 Å². The van der Waals surface area contributed by atoms with E-state index in [2.05, 4.69) is 33.2 Å². The monoisotopic (exact) mass is 218 g/mol. The molecule has 2 aliphatic heterocycles. The smallest absolute Gasteiger partial charge is 0.247 e. The molecule has 0 saturated heterocycles. The van der Waals surface area contributed by atoms with Crippen LogP contribution in [0, 0.1) is 0 Å². The second kappa shape index (κ2) is 4.09. The van der Waals surface area contributed by atoms with Crippen molar-refractivity contribution in [2.45, 2.75) is 25.3 Å². The van der Waals surface area contributed by atoms with Gasteiger partial charge in [0.2, 0.25) is 5.90 Å². The van der Waals surface area contributed by atoms with E-state index in [1.54, 1.807) is 0 Å². The second-order valence-corrected chi connectivity index (χ2v) is 4.04. The Morgan fingerprint density at radius 1 is 1.38 bits per heavy atom. The van der Waals surface area contributed by atoms with Gasteiger partial charge < -0.3 is 10.2 Å². The first-order chi connectivity index (χ1) is 7.95. The third-order valence-electron chi connectivity index (χ3n) is 3.10. The van der Waals surface area contributed by atoms with Gasteiger partial charge in [-0.15, -0.1) is 10.7 Å². The highest BCUT2D eigenvalue weighted by molar-refractivity contribution is 5.92. The Balaban J connectivity index is 1.92. The largest absolute Gasteiger partial charge is 0.347 e. The molecule has 0 bridgehead atoms. The van der Waals surface area contributed by atoms with Crippen molar-refractivity contribution in [2.24, 2.45) is 10.1 Å². The van der Waals surface area contributed by atoms with Gasteiger partial charge in [0.15, 0.2) is 0 Å². The first-order valence-corrected chi connectivity index (χ1v) is 5.58. The van der Waals surface area contributed by atoms with E-state index in [-0.39, 0.29) is 6.04 Å². The number of aliphatic imine (C=N–C) groups is 1. The fourth-order valence-corrected chi connectivity index (χ4v) is 2.34. The van der Waals surface area contributed by atoms with Crippen LogP contribution in [-0.4, -0.2) is 24.8 Å². The Kier molecular flexibility index (Phi) is 2.46. The lowest BCUT2D eigenvalue weighted by Crippen LogP contribution is -2.45. The zero-order valence-corrected chi connectivity index (χ0v) is 8.94. The lowest BCUT2D eigenvalue weighted by molar-refractivity contribution is 0.172. The Bertz CT molecular complexity index is 408. The molecule has 0 saturated carbocycles. The topological polar surface area (TPSA) is 58.0 Å². The van der Waals surface area contributed by atoms with Crippen molar-refractivity contribution < 1.29 is 4.84 Å². The molecular weight excluding hydrogens is 204 g/mol. The number of nitrogens with one attached hydrogen (secondary N) is 2. The Morgan fingerprint density at radius 2 is 2.38 bits per heavy atom. The van der Waals surface area contributed by atoms with Crippen molar-refractivity contribution in [1.82, 2.24) is 10.9 Å². The first-order valence-electron chi connectivity index (χ1n) is 5.58. The number of hydrogen-bond donors (Lipinski definition) is 2. The molecule has 0 aromatic rings. The fraction of sp³-hybridized carbons (Fsp3) is 0.455. The molecule has 0 aromatic heterocycles. The van der Waals surface area contributed by atoms with Gasteiger partial charge in [0, 0.05) is 0 Å². The van der Waals surface area contributed by atoms with Crippen LogP contribution in [-0.2, 0) is 4.84 Å². The Labute approximate surface area is 93.9 Å². The van der Waals surface area contributed by atoms with Crippen LogP contribution in [0.3, 0.4) is 0 Å². The summed E-state index contributed by atoms with van der Waals surface area (Å²) in [6.45, 7) is 0.983. The SMILES string of the molecule is C1=CC2=C(CC1)CCNC2C1=NC=NNO1. The summed E-state index contributed by atoms with van der Waals surface area (Å²) < 4.78 is 0. The summed E-state index contributed by atoms with van der Waals surface area (Å²) in [5.74, 6) is 0.647. The van der Waals surface area contributed by atoms with Crippen molar-refractivity contribution in [2.75, 3.05) is 6.54 Å². The minimum atomic E-state index is 0.0690. The van der Waals surface area contributed by atoms with Crippen LogP contribution in [0.2, 0.25) is 0 Å². The molecule has 16 heavy (non-hydrogen) atoms. The van der Waals surface area contributed by atoms with Crippen LogP contribution < -0.4 is 10.9 Å². The van der Waals surface area contributed by atoms with E-state index in [9.17, 15) is 0 Å². The normalized spacial score (nSPS) is 28.0. The maximum Gasteiger partial charge on any atom is 0.247 e. The second-order valence-electron chi connectivity index (χ2n) is 4.04. The zero-order valence-electron chi connectivity index (χ0n) is 8.94. The van der Waals surface area contributed by atoms with Gasteiger partial charge in [-0.25, -0.2) is 0 Å². The molecule has 5 nitrogen and oxygen atoms in total. The Hall–Kier alpha value is -1.62. The molecule has 1 unspecified atom stereocenters. The molecule has 3 aliphatic rings. The van der Waals surface area contributed by atoms with Crippen molar-refractivity contribution >= 4 is 12.2 Å². The molecule has 2 heterocycles. The lowest BCUT2D eigenvalue weighted by Gasteiger charge is -2.30. The van der Waals surface area contributed by atoms with Gasteiger partial charge in [-0.05, 0) is 31.4 Å². The van der Waals surface area contributed by atoms with Crippen molar-refractivity contribution in [1.29, 1.82) is 0 Å². The molecule has 0 fully saturated rings. The van der Waals surface area contributed by atoms with Gasteiger partial charge in [-0.1, -0.05) is 17.7 Å². The van der Waals surface area contributed by atoms with Crippen LogP contribution in [0.15, 0.2) is 33.4 Å². The number of allylic oxidation sites excluding steroid dienone is 1. The molecule has 2 N–H and O–H groups in total. The zero-order chi connectivity index (χ0) is 10.8. The molecule has 0 aromatic carbocycles. The number of hydrogen-bond acceptors (Lipinski definition) is 5. The quantitative estimate of drug-likeness (QED) is 0.686. The molecule has 0 spiro atoms. The average molecular weight is 218 g/mol. The summed E-state index contributed by atoms with van der Waals surface area (Å²) in [4.78, 5) is 9.39. The predicted octanol–water partition coefficient (Wildman–Crippen LogP) is 0.871. The lowest BCUT2D eigenvalue weighted by atomic mass is 9.87. The molecule has 84 valence electrons. The predicted molar refractivity (Wildman–Crippen MR) is 62.0 cm³/mol. The number of hydrazone groups is 1. The molecule has 5 heteroatoms. The number of nitrogens with zero attached hydrogens (tertiary/aromatic N) is 2. The van der Waals surface area contributed by atoms with E-state index in [0.29, 0.717) is 5.90 Å². The van der Waals surface area contributed by atoms with E-state index in [0.717, 1.165) is 19.4 Å². The highest BCUT2D eigenvalue weighted by Crippen LogP contribution is 2.27. The summed E-state index contributed by atoms with van der Waals surface area (Å²) in [5, 5.41) is 7.10. The van der Waals surface area contributed by atoms with Crippen LogP contribution in [0.1, 0.15) is 19.3 Å². The standard InChI is InChI=1S/C11H14N4O/c1-2-4-9-8(3-1)5-6-12-10(9)11-13-7-14-15-16-11/h2,4,7,10,12,15H,1,3,5-6H2. The molecule has 3 rings (SSSR count). The van der Waals surface area contributed by atoms with Gasteiger partial charge >= 0.3 is 0 Å². The van der Waals surface area contributed by atoms with Crippen molar-refractivity contribution in [3.05, 3.63) is 23.3 Å². The first kappa shape index (κ1) is 9.59. The van der Waals surface area contributed by atoms with E-state index in [4.69, 9.17) is 4.84 Å². The van der Waals surface area contributed by atoms with Gasteiger partial charge in [-0.3, -0.25) is 0 Å². The van der Waals surface area contributed by atoms with E-state index >= 15 is 0 Å². The highest BCUT2D eigenvalue weighted by atomic mass is 16.7. The van der Waals surface area contributed by atoms with Gasteiger partial charge in [-0.2, -0.15) is 4.99 Å². The highest BCUT2D eigenvalue weighted by Gasteiger charge is 2.28. The van der Waals surface area contributed by atoms with Gasteiger partial charge in [0.1, 0.15) is 12.4 Å². The average Bonchev–Trinajstić information content (AvgIpc) is 2.39. The van der Waals surface area contributed by atoms with Crippen molar-refractivity contribution in [3.8, 4) is 0 Å². The molecule has 0 radical (unpaired) electrons. The summed E-state index contributed by atoms with van der Waals surface area (Å²) in [6.07, 6.45) is 9.32. The van der Waals surface area contributed by atoms with Crippen LogP contribution in [0.25, 0.3) is 0 Å². The molecule has 1 atom stereocenters. The van der Waals surface area contributed by atoms with Crippen LogP contribution in [0.4, 0.5) is 0 Å². The summed E-state index contributed by atoms with van der Waals surface area (Å²) in [7, 11) is 0. The molecule has 1 aliphatic carbocycles. The van der Waals surface area contributed by atoms with Gasteiger partial charge in [0.25, 0.3) is 0 Å². The molecule has 0 amide bonds. The van der Waals surface area contributed by atoms with Crippen LogP contribution in [0.5, 0.6) is 0 Å². The minimum Gasteiger partial charge on any atom is -0.347 e. The Morgan fingerprint density at radius 3 is 3.25 bits per heavy atom. The molecular formula is C11H14N4O. The third kappa shape index (κ3) is 1.63. The van der Waals surface area contributed by atoms with Crippen LogP contribution >= 0.6 is 0 Å². The summed E-state index contributed by atoms with van der Waals surface area (Å²) in [5.41, 5.74) is 5.32. The summed E-state index contributed by atoms with van der Waals surface area (Å²) in [6, 6.07) is 0.0690. The maximum absolute atomic E-state index is 5.24. The minimum absolute atomic E-state index is 0.0690.